The number of aromatic nitrogens is 1. The zero-order chi connectivity index (χ0) is 24.3. The van der Waals surface area contributed by atoms with Crippen molar-refractivity contribution in [2.45, 2.75) is 13.8 Å². The summed E-state index contributed by atoms with van der Waals surface area (Å²) in [6.07, 6.45) is 1.46. The number of aryl methyl sites for hydroxylation is 1. The molecule has 0 aliphatic rings. The van der Waals surface area contributed by atoms with Crippen LogP contribution in [0.3, 0.4) is 0 Å². The minimum atomic E-state index is -0.639. The Bertz CT molecular complexity index is 1340. The zero-order valence-corrected chi connectivity index (χ0v) is 19.4. The van der Waals surface area contributed by atoms with Crippen molar-refractivity contribution in [1.29, 1.82) is 5.26 Å². The maximum Gasteiger partial charge on any atom is 0.273 e. The summed E-state index contributed by atoms with van der Waals surface area (Å²) in [5, 5.41) is 23.7. The van der Waals surface area contributed by atoms with Crippen molar-refractivity contribution >= 4 is 46.6 Å². The lowest BCUT2D eigenvalue weighted by Crippen LogP contribution is -2.13. The number of methoxy groups -OCH3 is 1. The number of nitriles is 1. The van der Waals surface area contributed by atoms with E-state index in [2.05, 4.69) is 5.32 Å². The van der Waals surface area contributed by atoms with E-state index in [4.69, 9.17) is 27.9 Å². The van der Waals surface area contributed by atoms with Crippen molar-refractivity contribution in [2.24, 2.45) is 0 Å². The van der Waals surface area contributed by atoms with Crippen LogP contribution in [-0.2, 0) is 4.79 Å². The van der Waals surface area contributed by atoms with Gasteiger partial charge >= 0.3 is 0 Å². The molecule has 8 nitrogen and oxygen atoms in total. The van der Waals surface area contributed by atoms with E-state index in [-0.39, 0.29) is 27.0 Å². The number of halogens is 2. The molecule has 0 fully saturated rings. The molecule has 0 spiro atoms. The molecule has 1 aromatic heterocycles. The maximum absolute atomic E-state index is 12.7. The highest BCUT2D eigenvalue weighted by Crippen LogP contribution is 2.33. The van der Waals surface area contributed by atoms with Gasteiger partial charge in [-0.1, -0.05) is 29.3 Å². The number of hydrogen-bond donors (Lipinski definition) is 1. The van der Waals surface area contributed by atoms with Crippen LogP contribution in [0.2, 0.25) is 10.0 Å². The first kappa shape index (κ1) is 23.9. The molecule has 3 rings (SSSR count). The molecular weight excluding hydrogens is 467 g/mol. The van der Waals surface area contributed by atoms with Crippen molar-refractivity contribution in [1.82, 2.24) is 4.57 Å². The summed E-state index contributed by atoms with van der Waals surface area (Å²) < 4.78 is 7.19. The van der Waals surface area contributed by atoms with Gasteiger partial charge in [0.15, 0.2) is 0 Å². The van der Waals surface area contributed by atoms with E-state index < -0.39 is 10.8 Å². The summed E-state index contributed by atoms with van der Waals surface area (Å²) in [6, 6.07) is 12.8. The normalized spacial score (nSPS) is 11.1. The lowest BCUT2D eigenvalue weighted by molar-refractivity contribution is -0.384. The number of nitrogens with one attached hydrogen (secondary N) is 1. The number of amides is 1. The molecular formula is C23H18Cl2N4O4. The highest BCUT2D eigenvalue weighted by atomic mass is 35.5. The van der Waals surface area contributed by atoms with Gasteiger partial charge in [-0.3, -0.25) is 14.9 Å². The van der Waals surface area contributed by atoms with Gasteiger partial charge in [-0.2, -0.15) is 5.26 Å². The van der Waals surface area contributed by atoms with Crippen molar-refractivity contribution < 1.29 is 14.5 Å². The number of rotatable bonds is 6. The first-order chi connectivity index (χ1) is 15.7. The van der Waals surface area contributed by atoms with Crippen LogP contribution in [0.4, 0.5) is 11.4 Å². The van der Waals surface area contributed by atoms with Crippen molar-refractivity contribution in [3.05, 3.63) is 85.1 Å². The van der Waals surface area contributed by atoms with Gasteiger partial charge in [-0.15, -0.1) is 0 Å². The van der Waals surface area contributed by atoms with Crippen molar-refractivity contribution in [2.75, 3.05) is 12.4 Å². The fourth-order valence-electron chi connectivity index (χ4n) is 3.36. The Labute approximate surface area is 199 Å². The first-order valence-corrected chi connectivity index (χ1v) is 10.3. The van der Waals surface area contributed by atoms with Gasteiger partial charge in [-0.25, -0.2) is 0 Å². The number of carbonyl (C=O) groups is 1. The number of non-ortho nitro benzene ring substituents is 1. The second kappa shape index (κ2) is 9.77. The summed E-state index contributed by atoms with van der Waals surface area (Å²) >= 11 is 12.1. The molecule has 1 N–H and O–H groups in total. The van der Waals surface area contributed by atoms with E-state index in [0.29, 0.717) is 22.7 Å². The maximum atomic E-state index is 12.7. The fraction of sp³-hybridized carbons (Fsp3) is 0.130. The molecule has 0 bridgehead atoms. The molecule has 3 aromatic rings. The monoisotopic (exact) mass is 484 g/mol. The Balaban J connectivity index is 2.00. The van der Waals surface area contributed by atoms with Crippen LogP contribution in [-0.4, -0.2) is 22.5 Å². The Morgan fingerprint density at radius 1 is 1.24 bits per heavy atom. The van der Waals surface area contributed by atoms with Gasteiger partial charge in [0.2, 0.25) is 0 Å². The lowest BCUT2D eigenvalue weighted by atomic mass is 10.1. The summed E-state index contributed by atoms with van der Waals surface area (Å²) in [5.74, 6) is -0.324. The standard InChI is InChI=1S/C23H18Cl2N4O4/c1-13-9-15(10-16(12-26)23(30)27-19-6-4-5-18(24)22(19)25)14(2)28(13)20-8-7-17(29(31)32)11-21(20)33-3/h4-11H,1-3H3,(H,27,30)/b16-10-. The van der Waals surface area contributed by atoms with Gasteiger partial charge in [0.1, 0.15) is 17.4 Å². The quantitative estimate of drug-likeness (QED) is 0.203. The second-order valence-corrected chi connectivity index (χ2v) is 7.79. The third-order valence-corrected chi connectivity index (χ3v) is 5.77. The van der Waals surface area contributed by atoms with Crippen LogP contribution < -0.4 is 10.1 Å². The molecule has 0 aliphatic heterocycles. The van der Waals surface area contributed by atoms with Crippen LogP contribution in [0.15, 0.2) is 48.0 Å². The Morgan fingerprint density at radius 3 is 2.61 bits per heavy atom. The number of carbonyl (C=O) groups excluding carboxylic acids is 1. The molecule has 0 saturated heterocycles. The molecule has 0 aliphatic carbocycles. The van der Waals surface area contributed by atoms with E-state index in [1.54, 1.807) is 37.3 Å². The average Bonchev–Trinajstić information content (AvgIpc) is 3.07. The molecule has 168 valence electrons. The van der Waals surface area contributed by atoms with E-state index in [1.165, 1.54) is 25.3 Å². The number of anilines is 1. The Kier molecular flexibility index (Phi) is 7.07. The number of nitrogens with zero attached hydrogens (tertiary/aromatic N) is 3. The highest BCUT2D eigenvalue weighted by molar-refractivity contribution is 6.44. The van der Waals surface area contributed by atoms with Crippen LogP contribution in [0.5, 0.6) is 5.75 Å². The van der Waals surface area contributed by atoms with Gasteiger partial charge < -0.3 is 14.6 Å². The number of benzene rings is 2. The van der Waals surface area contributed by atoms with Gasteiger partial charge in [0.25, 0.3) is 11.6 Å². The zero-order valence-electron chi connectivity index (χ0n) is 17.8. The number of nitro benzene ring substituents is 1. The lowest BCUT2D eigenvalue weighted by Gasteiger charge is -2.14. The predicted octanol–water partition coefficient (Wildman–Crippen LogP) is 5.86. The molecule has 0 radical (unpaired) electrons. The topological polar surface area (TPSA) is 110 Å². The van der Waals surface area contributed by atoms with Crippen LogP contribution in [0, 0.1) is 35.3 Å². The van der Waals surface area contributed by atoms with Gasteiger partial charge in [0.05, 0.1) is 39.5 Å². The third kappa shape index (κ3) is 4.85. The van der Waals surface area contributed by atoms with Crippen LogP contribution in [0.1, 0.15) is 17.0 Å². The SMILES string of the molecule is COc1cc([N+](=O)[O-])ccc1-n1c(C)cc(/C=C(/C#N)C(=O)Nc2cccc(Cl)c2Cl)c1C. The fourth-order valence-corrected chi connectivity index (χ4v) is 3.71. The van der Waals surface area contributed by atoms with Crippen LogP contribution >= 0.6 is 23.2 Å². The largest absolute Gasteiger partial charge is 0.494 e. The first-order valence-electron chi connectivity index (χ1n) is 9.56. The third-order valence-electron chi connectivity index (χ3n) is 4.95. The second-order valence-electron chi connectivity index (χ2n) is 7.00. The van der Waals surface area contributed by atoms with Crippen molar-refractivity contribution in [3.63, 3.8) is 0 Å². The van der Waals surface area contributed by atoms with E-state index in [9.17, 15) is 20.2 Å². The summed E-state index contributed by atoms with van der Waals surface area (Å²) in [4.78, 5) is 23.3. The summed E-state index contributed by atoms with van der Waals surface area (Å²) in [5.41, 5.74) is 2.75. The van der Waals surface area contributed by atoms with Gasteiger partial charge in [0, 0.05) is 17.5 Å². The molecule has 1 heterocycles. The summed E-state index contributed by atoms with van der Waals surface area (Å²) in [6.45, 7) is 3.64. The minimum absolute atomic E-state index is 0.0960. The number of nitro groups is 1. The number of ether oxygens (including phenoxy) is 1. The number of hydrogen-bond acceptors (Lipinski definition) is 5. The average molecular weight is 485 g/mol. The van der Waals surface area contributed by atoms with Gasteiger partial charge in [-0.05, 0) is 49.8 Å². The molecule has 1 amide bonds. The van der Waals surface area contributed by atoms with E-state index >= 15 is 0 Å². The van der Waals surface area contributed by atoms with E-state index in [1.807, 2.05) is 17.6 Å². The highest BCUT2D eigenvalue weighted by Gasteiger charge is 2.19. The Morgan fingerprint density at radius 2 is 1.97 bits per heavy atom. The Hall–Kier alpha value is -3.80. The van der Waals surface area contributed by atoms with E-state index in [0.717, 1.165) is 5.69 Å². The van der Waals surface area contributed by atoms with Crippen LogP contribution in [0.25, 0.3) is 11.8 Å². The van der Waals surface area contributed by atoms with Crippen molar-refractivity contribution in [3.8, 4) is 17.5 Å². The predicted molar refractivity (Wildman–Crippen MR) is 127 cm³/mol. The molecule has 33 heavy (non-hydrogen) atoms. The summed E-state index contributed by atoms with van der Waals surface area (Å²) in [7, 11) is 1.43. The minimum Gasteiger partial charge on any atom is -0.494 e. The smallest absolute Gasteiger partial charge is 0.273 e. The molecule has 0 unspecified atom stereocenters. The molecule has 10 heteroatoms. The molecule has 0 saturated carbocycles. The molecule has 0 atom stereocenters. The molecule has 2 aromatic carbocycles.